The highest BCUT2D eigenvalue weighted by Gasteiger charge is 2.40. The van der Waals surface area contributed by atoms with Crippen LogP contribution >= 0.6 is 0 Å². The van der Waals surface area contributed by atoms with Gasteiger partial charge in [-0.25, -0.2) is 0 Å². The molecule has 4 atom stereocenters. The standard InChI is InChI=1S/C17H32N2O/c1-4-9-17(10-6-11-18-12-17)16(20)19-15-8-5-7-13(2)14(15)3/h13-15,18H,4-12H2,1-3H3,(H,19,20). The summed E-state index contributed by atoms with van der Waals surface area (Å²) in [6.45, 7) is 8.75. The smallest absolute Gasteiger partial charge is 0.227 e. The van der Waals surface area contributed by atoms with Crippen LogP contribution in [0, 0.1) is 17.3 Å². The van der Waals surface area contributed by atoms with Crippen molar-refractivity contribution in [1.82, 2.24) is 10.6 Å². The van der Waals surface area contributed by atoms with Crippen LogP contribution in [0.1, 0.15) is 65.7 Å². The third-order valence-corrected chi connectivity index (χ3v) is 5.71. The highest BCUT2D eigenvalue weighted by Crippen LogP contribution is 2.34. The first-order valence-electron chi connectivity index (χ1n) is 8.61. The van der Waals surface area contributed by atoms with E-state index in [9.17, 15) is 4.79 Å². The monoisotopic (exact) mass is 280 g/mol. The van der Waals surface area contributed by atoms with Crippen molar-refractivity contribution in [3.63, 3.8) is 0 Å². The van der Waals surface area contributed by atoms with Crippen LogP contribution < -0.4 is 10.6 Å². The average Bonchev–Trinajstić information content (AvgIpc) is 2.45. The Morgan fingerprint density at radius 2 is 2.10 bits per heavy atom. The second kappa shape index (κ2) is 6.93. The number of rotatable bonds is 4. The van der Waals surface area contributed by atoms with E-state index in [1.807, 2.05) is 0 Å². The molecule has 3 heteroatoms. The number of piperidine rings is 1. The Morgan fingerprint density at radius 3 is 2.75 bits per heavy atom. The van der Waals surface area contributed by atoms with Gasteiger partial charge < -0.3 is 10.6 Å². The van der Waals surface area contributed by atoms with E-state index >= 15 is 0 Å². The fourth-order valence-corrected chi connectivity index (χ4v) is 4.07. The zero-order valence-corrected chi connectivity index (χ0v) is 13.5. The molecule has 1 aliphatic heterocycles. The maximum absolute atomic E-state index is 12.9. The molecule has 1 amide bonds. The summed E-state index contributed by atoms with van der Waals surface area (Å²) in [4.78, 5) is 12.9. The second-order valence-electron chi connectivity index (χ2n) is 7.16. The molecule has 4 unspecified atom stereocenters. The van der Waals surface area contributed by atoms with Gasteiger partial charge in [-0.1, -0.05) is 40.0 Å². The van der Waals surface area contributed by atoms with Crippen LogP contribution in [-0.2, 0) is 4.79 Å². The van der Waals surface area contributed by atoms with Gasteiger partial charge in [-0.2, -0.15) is 0 Å². The second-order valence-corrected chi connectivity index (χ2v) is 7.16. The van der Waals surface area contributed by atoms with Crippen molar-refractivity contribution in [2.75, 3.05) is 13.1 Å². The molecule has 3 nitrogen and oxygen atoms in total. The Labute approximate surface area is 124 Å². The van der Waals surface area contributed by atoms with Crippen molar-refractivity contribution in [2.45, 2.75) is 71.8 Å². The molecule has 0 bridgehead atoms. The van der Waals surface area contributed by atoms with E-state index in [1.54, 1.807) is 0 Å². The Bertz CT molecular complexity index is 317. The Balaban J connectivity index is 2.00. The van der Waals surface area contributed by atoms with E-state index in [1.165, 1.54) is 12.8 Å². The van der Waals surface area contributed by atoms with Gasteiger partial charge >= 0.3 is 0 Å². The molecule has 0 aromatic heterocycles. The molecular formula is C17H32N2O. The molecule has 2 N–H and O–H groups in total. The number of amides is 1. The summed E-state index contributed by atoms with van der Waals surface area (Å²) in [6.07, 6.45) is 8.02. The lowest BCUT2D eigenvalue weighted by Crippen LogP contribution is -2.54. The summed E-state index contributed by atoms with van der Waals surface area (Å²) in [5.74, 6) is 1.67. The lowest BCUT2D eigenvalue weighted by Gasteiger charge is -2.40. The van der Waals surface area contributed by atoms with Gasteiger partial charge in [0, 0.05) is 12.6 Å². The first-order valence-corrected chi connectivity index (χ1v) is 8.61. The molecule has 0 aromatic rings. The Morgan fingerprint density at radius 1 is 1.30 bits per heavy atom. The SMILES string of the molecule is CCCC1(C(=O)NC2CCCC(C)C2C)CCCNC1. The van der Waals surface area contributed by atoms with Crippen molar-refractivity contribution < 1.29 is 4.79 Å². The minimum Gasteiger partial charge on any atom is -0.353 e. The largest absolute Gasteiger partial charge is 0.353 e. The fourth-order valence-electron chi connectivity index (χ4n) is 4.07. The number of hydrogen-bond acceptors (Lipinski definition) is 2. The summed E-state index contributed by atoms with van der Waals surface area (Å²) < 4.78 is 0. The van der Waals surface area contributed by atoms with Crippen molar-refractivity contribution >= 4 is 5.91 Å². The van der Waals surface area contributed by atoms with E-state index < -0.39 is 0 Å². The van der Waals surface area contributed by atoms with Crippen molar-refractivity contribution in [2.24, 2.45) is 17.3 Å². The molecule has 2 fully saturated rings. The zero-order chi connectivity index (χ0) is 14.6. The maximum Gasteiger partial charge on any atom is 0.227 e. The first-order chi connectivity index (χ1) is 9.59. The van der Waals surface area contributed by atoms with Crippen molar-refractivity contribution in [3.8, 4) is 0 Å². The molecule has 0 aromatic carbocycles. The molecule has 1 aliphatic carbocycles. The molecule has 1 saturated heterocycles. The number of hydrogen-bond donors (Lipinski definition) is 2. The van der Waals surface area contributed by atoms with E-state index in [0.29, 0.717) is 17.9 Å². The van der Waals surface area contributed by atoms with E-state index in [4.69, 9.17) is 0 Å². The molecule has 1 saturated carbocycles. The fraction of sp³-hybridized carbons (Fsp3) is 0.941. The number of carbonyl (C=O) groups is 1. The van der Waals surface area contributed by atoms with Crippen LogP contribution in [0.25, 0.3) is 0 Å². The summed E-state index contributed by atoms with van der Waals surface area (Å²) in [5, 5.41) is 6.85. The van der Waals surface area contributed by atoms with Crippen LogP contribution in [0.3, 0.4) is 0 Å². The molecule has 2 aliphatic rings. The molecule has 0 spiro atoms. The molecule has 116 valence electrons. The Kier molecular flexibility index (Phi) is 5.48. The van der Waals surface area contributed by atoms with Gasteiger partial charge in [0.2, 0.25) is 5.91 Å². The molecule has 2 rings (SSSR count). The quantitative estimate of drug-likeness (QED) is 0.831. The van der Waals surface area contributed by atoms with Crippen LogP contribution in [-0.4, -0.2) is 25.0 Å². The van der Waals surface area contributed by atoms with Crippen molar-refractivity contribution in [3.05, 3.63) is 0 Å². The van der Waals surface area contributed by atoms with Gasteiger partial charge in [0.1, 0.15) is 0 Å². The Hall–Kier alpha value is -0.570. The zero-order valence-electron chi connectivity index (χ0n) is 13.5. The van der Waals surface area contributed by atoms with Gasteiger partial charge in [-0.15, -0.1) is 0 Å². The van der Waals surface area contributed by atoms with Crippen LogP contribution in [0.5, 0.6) is 0 Å². The minimum absolute atomic E-state index is 0.145. The summed E-state index contributed by atoms with van der Waals surface area (Å²) in [7, 11) is 0. The van der Waals surface area contributed by atoms with E-state index in [0.717, 1.165) is 51.1 Å². The van der Waals surface area contributed by atoms with Crippen molar-refractivity contribution in [1.29, 1.82) is 0 Å². The third kappa shape index (κ3) is 3.36. The lowest BCUT2D eigenvalue weighted by atomic mass is 9.74. The lowest BCUT2D eigenvalue weighted by molar-refractivity contribution is -0.134. The molecular weight excluding hydrogens is 248 g/mol. The van der Waals surface area contributed by atoms with Crippen LogP contribution in [0.2, 0.25) is 0 Å². The summed E-state index contributed by atoms with van der Waals surface area (Å²) >= 11 is 0. The predicted octanol–water partition coefficient (Wildman–Crippen LogP) is 3.10. The number of carbonyl (C=O) groups excluding carboxylic acids is 1. The first kappa shape index (κ1) is 15.8. The van der Waals surface area contributed by atoms with Gasteiger partial charge in [0.05, 0.1) is 5.41 Å². The van der Waals surface area contributed by atoms with Gasteiger partial charge in [-0.3, -0.25) is 4.79 Å². The van der Waals surface area contributed by atoms with Gasteiger partial charge in [-0.05, 0) is 44.1 Å². The predicted molar refractivity (Wildman–Crippen MR) is 83.6 cm³/mol. The normalized spacial score (nSPS) is 38.5. The average molecular weight is 280 g/mol. The van der Waals surface area contributed by atoms with Gasteiger partial charge in [0.15, 0.2) is 0 Å². The molecule has 1 heterocycles. The molecule has 0 radical (unpaired) electrons. The van der Waals surface area contributed by atoms with E-state index in [2.05, 4.69) is 31.4 Å². The minimum atomic E-state index is -0.145. The number of nitrogens with one attached hydrogen (secondary N) is 2. The summed E-state index contributed by atoms with van der Waals surface area (Å²) in [5.41, 5.74) is -0.145. The molecule has 20 heavy (non-hydrogen) atoms. The van der Waals surface area contributed by atoms with Crippen LogP contribution in [0.15, 0.2) is 0 Å². The van der Waals surface area contributed by atoms with Gasteiger partial charge in [0.25, 0.3) is 0 Å². The van der Waals surface area contributed by atoms with Crippen LogP contribution in [0.4, 0.5) is 0 Å². The topological polar surface area (TPSA) is 41.1 Å². The summed E-state index contributed by atoms with van der Waals surface area (Å²) in [6, 6.07) is 0.391. The van der Waals surface area contributed by atoms with E-state index in [-0.39, 0.29) is 5.41 Å². The highest BCUT2D eigenvalue weighted by atomic mass is 16.2. The maximum atomic E-state index is 12.9. The highest BCUT2D eigenvalue weighted by molar-refractivity contribution is 5.83. The third-order valence-electron chi connectivity index (χ3n) is 5.71.